The fourth-order valence-electron chi connectivity index (χ4n) is 2.04. The number of benzene rings is 1. The highest BCUT2D eigenvalue weighted by Crippen LogP contribution is 2.42. The van der Waals surface area contributed by atoms with E-state index in [0.29, 0.717) is 13.2 Å². The lowest BCUT2D eigenvalue weighted by Crippen LogP contribution is -2.46. The molecular formula is C10H11N3O2. The van der Waals surface area contributed by atoms with Gasteiger partial charge in [-0.15, -0.1) is 0 Å². The maximum absolute atomic E-state index is 11.1. The Labute approximate surface area is 86.8 Å². The van der Waals surface area contributed by atoms with Crippen LogP contribution in [0.25, 0.3) is 0 Å². The van der Waals surface area contributed by atoms with E-state index in [-0.39, 0.29) is 0 Å². The van der Waals surface area contributed by atoms with Gasteiger partial charge in [0.05, 0.1) is 18.9 Å². The predicted octanol–water partition coefficient (Wildman–Crippen LogP) is 0.122. The third-order valence-corrected chi connectivity index (χ3v) is 2.75. The van der Waals surface area contributed by atoms with Gasteiger partial charge < -0.3 is 20.7 Å². The third kappa shape index (κ3) is 1.12. The Kier molecular flexibility index (Phi) is 1.56. The first-order valence-electron chi connectivity index (χ1n) is 4.83. The second kappa shape index (κ2) is 2.79. The van der Waals surface area contributed by atoms with Crippen molar-refractivity contribution in [3.63, 3.8) is 0 Å². The van der Waals surface area contributed by atoms with Crippen LogP contribution >= 0.6 is 0 Å². The van der Waals surface area contributed by atoms with Crippen molar-refractivity contribution >= 4 is 17.3 Å². The predicted molar refractivity (Wildman–Crippen MR) is 55.9 cm³/mol. The van der Waals surface area contributed by atoms with Gasteiger partial charge in [0.2, 0.25) is 0 Å². The maximum atomic E-state index is 11.1. The van der Waals surface area contributed by atoms with Gasteiger partial charge in [0.15, 0.2) is 6.10 Å². The molecule has 1 atom stereocenters. The molecule has 1 aromatic carbocycles. The lowest BCUT2D eigenvalue weighted by molar-refractivity contribution is -0.124. The highest BCUT2D eigenvalue weighted by molar-refractivity contribution is 5.86. The van der Waals surface area contributed by atoms with E-state index in [0.717, 1.165) is 17.1 Å². The summed E-state index contributed by atoms with van der Waals surface area (Å²) >= 11 is 0. The van der Waals surface area contributed by atoms with E-state index in [1.807, 2.05) is 18.2 Å². The van der Waals surface area contributed by atoms with Crippen LogP contribution < -0.4 is 20.7 Å². The van der Waals surface area contributed by atoms with Gasteiger partial charge in [-0.25, -0.2) is 0 Å². The zero-order valence-electron chi connectivity index (χ0n) is 8.06. The Morgan fingerprint density at radius 3 is 3.27 bits per heavy atom. The van der Waals surface area contributed by atoms with Crippen LogP contribution in [0.15, 0.2) is 18.2 Å². The molecule has 5 nitrogen and oxygen atoms in total. The van der Waals surface area contributed by atoms with Crippen molar-refractivity contribution in [2.45, 2.75) is 6.10 Å². The summed E-state index contributed by atoms with van der Waals surface area (Å²) in [7, 11) is 0. The van der Waals surface area contributed by atoms with Gasteiger partial charge in [-0.1, -0.05) is 6.07 Å². The van der Waals surface area contributed by atoms with E-state index in [9.17, 15) is 4.79 Å². The van der Waals surface area contributed by atoms with Gasteiger partial charge in [0, 0.05) is 0 Å². The molecule has 0 radical (unpaired) electrons. The molecule has 3 N–H and O–H groups in total. The van der Waals surface area contributed by atoms with Crippen molar-refractivity contribution < 1.29 is 9.53 Å². The lowest BCUT2D eigenvalue weighted by Gasteiger charge is -2.30. The molecule has 0 aromatic heterocycles. The molecule has 1 amide bonds. The molecule has 0 saturated carbocycles. The monoisotopic (exact) mass is 205 g/mol. The summed E-state index contributed by atoms with van der Waals surface area (Å²) in [4.78, 5) is 13.2. The zero-order valence-corrected chi connectivity index (χ0v) is 8.06. The number of nitrogens with two attached hydrogens (primary N) is 1. The van der Waals surface area contributed by atoms with Crippen LogP contribution in [-0.2, 0) is 4.79 Å². The molecule has 0 saturated heterocycles. The molecule has 0 spiro atoms. The first kappa shape index (κ1) is 8.40. The van der Waals surface area contributed by atoms with E-state index in [1.165, 1.54) is 0 Å². The minimum absolute atomic E-state index is 0.419. The van der Waals surface area contributed by atoms with Crippen LogP contribution in [-0.4, -0.2) is 25.2 Å². The number of hydrogen-bond acceptors (Lipinski definition) is 4. The Bertz CT molecular complexity index is 433. The molecule has 2 aliphatic rings. The maximum Gasteiger partial charge on any atom is 0.260 e. The summed E-state index contributed by atoms with van der Waals surface area (Å²) in [5, 5.41) is 3.24. The SMILES string of the molecule is NC(=O)C1CN2CNc3cccc(c32)O1. The molecule has 0 aliphatic carbocycles. The smallest absolute Gasteiger partial charge is 0.260 e. The molecular weight excluding hydrogens is 194 g/mol. The highest BCUT2D eigenvalue weighted by Gasteiger charge is 2.33. The number of para-hydroxylation sites is 1. The topological polar surface area (TPSA) is 67.6 Å². The third-order valence-electron chi connectivity index (χ3n) is 2.75. The number of amides is 1. The van der Waals surface area contributed by atoms with Gasteiger partial charge in [0.25, 0.3) is 5.91 Å². The van der Waals surface area contributed by atoms with Crippen molar-refractivity contribution in [1.29, 1.82) is 0 Å². The van der Waals surface area contributed by atoms with Crippen molar-refractivity contribution in [3.8, 4) is 5.75 Å². The van der Waals surface area contributed by atoms with Gasteiger partial charge in [-0.3, -0.25) is 4.79 Å². The number of carbonyl (C=O) groups is 1. The van der Waals surface area contributed by atoms with Crippen molar-refractivity contribution in [1.82, 2.24) is 0 Å². The molecule has 2 aliphatic heterocycles. The molecule has 0 bridgehead atoms. The molecule has 5 heteroatoms. The number of ether oxygens (including phenoxy) is 1. The molecule has 2 heterocycles. The van der Waals surface area contributed by atoms with Gasteiger partial charge in [0.1, 0.15) is 11.4 Å². The summed E-state index contributed by atoms with van der Waals surface area (Å²) in [5.74, 6) is 0.311. The Morgan fingerprint density at radius 1 is 1.60 bits per heavy atom. The summed E-state index contributed by atoms with van der Waals surface area (Å²) < 4.78 is 5.53. The van der Waals surface area contributed by atoms with Crippen molar-refractivity contribution in [3.05, 3.63) is 18.2 Å². The normalized spacial score (nSPS) is 21.6. The van der Waals surface area contributed by atoms with Crippen LogP contribution in [0.5, 0.6) is 5.75 Å². The van der Waals surface area contributed by atoms with E-state index in [1.54, 1.807) is 0 Å². The Hall–Kier alpha value is -1.91. The van der Waals surface area contributed by atoms with E-state index < -0.39 is 12.0 Å². The minimum Gasteiger partial charge on any atom is -0.476 e. The average molecular weight is 205 g/mol. The molecule has 78 valence electrons. The summed E-state index contributed by atoms with van der Waals surface area (Å²) in [6.45, 7) is 1.23. The summed E-state index contributed by atoms with van der Waals surface area (Å²) in [6.07, 6.45) is -0.548. The van der Waals surface area contributed by atoms with Crippen LogP contribution in [0.3, 0.4) is 0 Å². The first-order chi connectivity index (χ1) is 7.25. The molecule has 0 fully saturated rings. The number of carbonyl (C=O) groups excluding carboxylic acids is 1. The number of nitrogens with one attached hydrogen (secondary N) is 1. The van der Waals surface area contributed by atoms with E-state index in [4.69, 9.17) is 10.5 Å². The quantitative estimate of drug-likeness (QED) is 0.683. The number of hydrogen-bond donors (Lipinski definition) is 2. The highest BCUT2D eigenvalue weighted by atomic mass is 16.5. The van der Waals surface area contributed by atoms with E-state index in [2.05, 4.69) is 10.2 Å². The van der Waals surface area contributed by atoms with Crippen LogP contribution in [0, 0.1) is 0 Å². The second-order valence-electron chi connectivity index (χ2n) is 3.72. The van der Waals surface area contributed by atoms with Gasteiger partial charge in [-0.05, 0) is 12.1 Å². The standard InChI is InChI=1S/C10H11N3O2/c11-10(14)8-4-13-5-12-6-2-1-3-7(15-8)9(6)13/h1-3,8,12H,4-5H2,(H2,11,14). The number of nitrogens with zero attached hydrogens (tertiary/aromatic N) is 1. The largest absolute Gasteiger partial charge is 0.476 e. The fourth-order valence-corrected chi connectivity index (χ4v) is 2.04. The fraction of sp³-hybridized carbons (Fsp3) is 0.300. The van der Waals surface area contributed by atoms with Crippen LogP contribution in [0.1, 0.15) is 0 Å². The Balaban J connectivity index is 2.05. The summed E-state index contributed by atoms with van der Waals surface area (Å²) in [5.41, 5.74) is 7.34. The zero-order chi connectivity index (χ0) is 10.4. The molecule has 1 aromatic rings. The second-order valence-corrected chi connectivity index (χ2v) is 3.72. The van der Waals surface area contributed by atoms with Crippen LogP contribution in [0.4, 0.5) is 11.4 Å². The first-order valence-corrected chi connectivity index (χ1v) is 4.83. The van der Waals surface area contributed by atoms with Crippen LogP contribution in [0.2, 0.25) is 0 Å². The number of rotatable bonds is 1. The van der Waals surface area contributed by atoms with Gasteiger partial charge in [-0.2, -0.15) is 0 Å². The number of primary amides is 1. The Morgan fingerprint density at radius 2 is 2.47 bits per heavy atom. The summed E-state index contributed by atoms with van der Waals surface area (Å²) in [6, 6.07) is 5.74. The van der Waals surface area contributed by atoms with Gasteiger partial charge >= 0.3 is 0 Å². The molecule has 1 unspecified atom stereocenters. The van der Waals surface area contributed by atoms with E-state index >= 15 is 0 Å². The minimum atomic E-state index is -0.548. The average Bonchev–Trinajstić information content (AvgIpc) is 2.64. The van der Waals surface area contributed by atoms with Crippen molar-refractivity contribution in [2.75, 3.05) is 23.4 Å². The lowest BCUT2D eigenvalue weighted by atomic mass is 10.2. The molecule has 15 heavy (non-hydrogen) atoms. The molecule has 3 rings (SSSR count). The van der Waals surface area contributed by atoms with Crippen molar-refractivity contribution in [2.24, 2.45) is 5.73 Å². The number of anilines is 2.